The molecule has 1 atom stereocenters. The highest BCUT2D eigenvalue weighted by molar-refractivity contribution is 5.88. The van der Waals surface area contributed by atoms with Crippen LogP contribution in [0.1, 0.15) is 40.2 Å². The van der Waals surface area contributed by atoms with E-state index in [0.29, 0.717) is 5.56 Å². The van der Waals surface area contributed by atoms with Gasteiger partial charge < -0.3 is 14.5 Å². The average molecular weight is 491 g/mol. The second kappa shape index (κ2) is 14.3. The summed E-state index contributed by atoms with van der Waals surface area (Å²) >= 11 is 0. The Morgan fingerprint density at radius 2 is 1.53 bits per heavy atom. The van der Waals surface area contributed by atoms with Gasteiger partial charge in [-0.05, 0) is 53.9 Å². The fourth-order valence-electron chi connectivity index (χ4n) is 3.57. The first kappa shape index (κ1) is 28.1. The third kappa shape index (κ3) is 7.18. The van der Waals surface area contributed by atoms with Gasteiger partial charge in [0.15, 0.2) is 0 Å². The van der Waals surface area contributed by atoms with Crippen molar-refractivity contribution in [3.05, 3.63) is 94.7 Å². The highest BCUT2D eigenvalue weighted by Gasteiger charge is 2.32. The van der Waals surface area contributed by atoms with E-state index in [0.717, 1.165) is 33.5 Å². The zero-order valence-corrected chi connectivity index (χ0v) is 21.5. The monoisotopic (exact) mass is 490 g/mol. The molecule has 4 aromatic rings. The number of carbonyl (C=O) groups excluding carboxylic acids is 1. The van der Waals surface area contributed by atoms with Gasteiger partial charge in [0, 0.05) is 22.0 Å². The molecule has 0 aliphatic heterocycles. The van der Waals surface area contributed by atoms with Crippen molar-refractivity contribution in [3.8, 4) is 22.6 Å². The number of ether oxygens (including phenoxy) is 2. The van der Waals surface area contributed by atoms with Crippen molar-refractivity contribution < 1.29 is 19.2 Å². The lowest BCUT2D eigenvalue weighted by Crippen LogP contribution is -2.33. The van der Waals surface area contributed by atoms with Gasteiger partial charge in [-0.15, -0.1) is 0 Å². The van der Waals surface area contributed by atoms with Crippen molar-refractivity contribution in [1.29, 1.82) is 0 Å². The van der Waals surface area contributed by atoms with Gasteiger partial charge in [0.05, 0.1) is 13.0 Å². The molecule has 0 aliphatic carbocycles. The zero-order valence-electron chi connectivity index (χ0n) is 21.5. The third-order valence-electron chi connectivity index (χ3n) is 5.16. The topological polar surface area (TPSA) is 94.5 Å². The van der Waals surface area contributed by atoms with Crippen LogP contribution in [0.4, 0.5) is 0 Å². The van der Waals surface area contributed by atoms with E-state index < -0.39 is 16.9 Å². The van der Waals surface area contributed by atoms with Crippen molar-refractivity contribution in [2.45, 2.75) is 47.1 Å². The van der Waals surface area contributed by atoms with Crippen LogP contribution in [0, 0.1) is 10.1 Å². The number of benzene rings is 3. The van der Waals surface area contributed by atoms with E-state index in [1.54, 1.807) is 13.1 Å². The molecule has 190 valence electrons. The van der Waals surface area contributed by atoms with Crippen LogP contribution >= 0.6 is 0 Å². The maximum absolute atomic E-state index is 11.9. The summed E-state index contributed by atoms with van der Waals surface area (Å²) in [6.45, 7) is 9.73. The first-order chi connectivity index (χ1) is 17.5. The van der Waals surface area contributed by atoms with Gasteiger partial charge in [-0.2, -0.15) is 0 Å². The van der Waals surface area contributed by atoms with Crippen molar-refractivity contribution in [3.63, 3.8) is 0 Å². The number of hydrogen-bond acceptors (Lipinski definition) is 5. The molecule has 0 fully saturated rings. The largest absolute Gasteiger partial charge is 0.461 e. The number of H-pyrrole nitrogens is 1. The molecule has 4 rings (SSSR count). The third-order valence-corrected chi connectivity index (χ3v) is 5.16. The molecule has 0 saturated carbocycles. The summed E-state index contributed by atoms with van der Waals surface area (Å²) in [5.74, 6) is 0.700. The second-order valence-corrected chi connectivity index (χ2v) is 7.27. The Morgan fingerprint density at radius 1 is 0.917 bits per heavy atom. The van der Waals surface area contributed by atoms with E-state index in [1.165, 1.54) is 0 Å². The number of fused-ring (bicyclic) bond motifs is 1. The number of nitro groups is 1. The predicted molar refractivity (Wildman–Crippen MR) is 144 cm³/mol. The highest BCUT2D eigenvalue weighted by atomic mass is 16.6. The van der Waals surface area contributed by atoms with E-state index in [4.69, 9.17) is 9.47 Å². The van der Waals surface area contributed by atoms with E-state index in [-0.39, 0.29) is 13.0 Å². The first-order valence-electron chi connectivity index (χ1n) is 12.3. The standard InChI is InChI=1S/C25H22N2O5.2C2H6/c1-2-31-25(28)24(27(29)30)15-19-16-26-23-14-18(10-13-22(19)23)17-8-11-21(12-9-17)32-20-6-4-3-5-7-20;2*1-2/h3-14,16,24,26H,2,15H2,1H3;2*1-2H3. The highest BCUT2D eigenvalue weighted by Crippen LogP contribution is 2.29. The molecule has 3 aromatic carbocycles. The van der Waals surface area contributed by atoms with Crippen LogP contribution in [-0.4, -0.2) is 28.5 Å². The van der Waals surface area contributed by atoms with E-state index in [9.17, 15) is 14.9 Å². The lowest BCUT2D eigenvalue weighted by Gasteiger charge is -2.09. The Bertz CT molecular complexity index is 1230. The zero-order chi connectivity index (χ0) is 26.5. The minimum absolute atomic E-state index is 0.0310. The average Bonchev–Trinajstić information content (AvgIpc) is 3.32. The molecule has 0 amide bonds. The number of aromatic amines is 1. The van der Waals surface area contributed by atoms with Gasteiger partial charge in [0.1, 0.15) is 11.5 Å². The quantitative estimate of drug-likeness (QED) is 0.157. The van der Waals surface area contributed by atoms with Crippen LogP contribution in [0.2, 0.25) is 0 Å². The number of rotatable bonds is 8. The molecular weight excluding hydrogens is 456 g/mol. The van der Waals surface area contributed by atoms with Crippen molar-refractivity contribution >= 4 is 16.9 Å². The SMILES string of the molecule is CC.CC.CCOC(=O)C(Cc1c[nH]c2cc(-c3ccc(Oc4ccccc4)cc3)ccc12)[N+](=O)[O-]. The number of para-hydroxylation sites is 1. The van der Waals surface area contributed by atoms with E-state index in [1.807, 2.05) is 100 Å². The van der Waals surface area contributed by atoms with Crippen LogP contribution in [0.25, 0.3) is 22.0 Å². The van der Waals surface area contributed by atoms with Crippen molar-refractivity contribution in [2.75, 3.05) is 6.61 Å². The molecule has 0 radical (unpaired) electrons. The summed E-state index contributed by atoms with van der Waals surface area (Å²) < 4.78 is 10.7. The smallest absolute Gasteiger partial charge is 0.382 e. The molecule has 1 heterocycles. The Labute approximate surface area is 212 Å². The Morgan fingerprint density at radius 3 is 2.14 bits per heavy atom. The van der Waals surface area contributed by atoms with Crippen LogP contribution in [0.5, 0.6) is 11.5 Å². The number of aromatic nitrogens is 1. The molecule has 0 saturated heterocycles. The number of hydrogen-bond donors (Lipinski definition) is 1. The van der Waals surface area contributed by atoms with Crippen molar-refractivity contribution in [2.24, 2.45) is 0 Å². The van der Waals surface area contributed by atoms with Gasteiger partial charge in [-0.25, -0.2) is 4.79 Å². The predicted octanol–water partition coefficient (Wildman–Crippen LogP) is 7.43. The van der Waals surface area contributed by atoms with Crippen LogP contribution < -0.4 is 4.74 Å². The summed E-state index contributed by atoms with van der Waals surface area (Å²) in [5, 5.41) is 12.2. The number of nitrogens with one attached hydrogen (secondary N) is 1. The maximum Gasteiger partial charge on any atom is 0.382 e. The second-order valence-electron chi connectivity index (χ2n) is 7.27. The summed E-state index contributed by atoms with van der Waals surface area (Å²) in [5.41, 5.74) is 3.55. The number of esters is 1. The lowest BCUT2D eigenvalue weighted by molar-refractivity contribution is -0.510. The Balaban J connectivity index is 0.00000109. The summed E-state index contributed by atoms with van der Waals surface area (Å²) in [7, 11) is 0. The van der Waals surface area contributed by atoms with Crippen molar-refractivity contribution in [1.82, 2.24) is 4.98 Å². The van der Waals surface area contributed by atoms with E-state index >= 15 is 0 Å². The van der Waals surface area contributed by atoms with Gasteiger partial charge in [-0.1, -0.05) is 70.2 Å². The first-order valence-corrected chi connectivity index (χ1v) is 12.3. The summed E-state index contributed by atoms with van der Waals surface area (Å²) in [4.78, 5) is 25.9. The van der Waals surface area contributed by atoms with Crippen LogP contribution in [0.15, 0.2) is 79.0 Å². The molecule has 1 unspecified atom stereocenters. The maximum atomic E-state index is 11.9. The normalized spacial score (nSPS) is 10.8. The molecule has 7 heteroatoms. The van der Waals surface area contributed by atoms with E-state index in [2.05, 4.69) is 4.98 Å². The number of nitrogens with zero attached hydrogens (tertiary/aromatic N) is 1. The number of carbonyl (C=O) groups is 1. The van der Waals surface area contributed by atoms with Gasteiger partial charge in [0.2, 0.25) is 0 Å². The fourth-order valence-corrected chi connectivity index (χ4v) is 3.57. The molecule has 1 aromatic heterocycles. The van der Waals surface area contributed by atoms with Gasteiger partial charge in [-0.3, -0.25) is 10.1 Å². The Kier molecular flexibility index (Phi) is 11.2. The molecule has 0 aliphatic rings. The van der Waals surface area contributed by atoms with Gasteiger partial charge >= 0.3 is 12.0 Å². The molecule has 1 N–H and O–H groups in total. The molecule has 0 bridgehead atoms. The minimum Gasteiger partial charge on any atom is -0.461 e. The lowest BCUT2D eigenvalue weighted by atomic mass is 10.0. The summed E-state index contributed by atoms with van der Waals surface area (Å²) in [6.07, 6.45) is 1.68. The molecule has 36 heavy (non-hydrogen) atoms. The minimum atomic E-state index is -1.43. The fraction of sp³-hybridized carbons (Fsp3) is 0.276. The molecule has 7 nitrogen and oxygen atoms in total. The molecular formula is C29H34N2O5. The summed E-state index contributed by atoms with van der Waals surface area (Å²) in [6, 6.07) is 21.8. The Hall–Kier alpha value is -4.13. The van der Waals surface area contributed by atoms with Gasteiger partial charge in [0.25, 0.3) is 0 Å². The van der Waals surface area contributed by atoms with Crippen LogP contribution in [0.3, 0.4) is 0 Å². The molecule has 0 spiro atoms. The van der Waals surface area contributed by atoms with Crippen LogP contribution in [-0.2, 0) is 16.0 Å².